The van der Waals surface area contributed by atoms with Gasteiger partial charge in [-0.15, -0.1) is 0 Å². The lowest BCUT2D eigenvalue weighted by Gasteiger charge is -2.11. The van der Waals surface area contributed by atoms with E-state index >= 15 is 0 Å². The summed E-state index contributed by atoms with van der Waals surface area (Å²) >= 11 is 0. The summed E-state index contributed by atoms with van der Waals surface area (Å²) in [5.41, 5.74) is 2.65. The molecule has 0 aliphatic heterocycles. The van der Waals surface area contributed by atoms with E-state index in [1.807, 2.05) is 49.4 Å². The quantitative estimate of drug-likeness (QED) is 0.477. The summed E-state index contributed by atoms with van der Waals surface area (Å²) in [7, 11) is 3.50. The van der Waals surface area contributed by atoms with E-state index in [9.17, 15) is 4.79 Å². The second kappa shape index (κ2) is 9.78. The normalized spacial score (nSPS) is 11.5. The monoisotopic (exact) mass is 392 g/mol. The number of rotatable bonds is 7. The molecule has 0 spiro atoms. The zero-order chi connectivity index (χ0) is 20.6. The molecule has 0 bridgehead atoms. The third-order valence-electron chi connectivity index (χ3n) is 4.51. The predicted molar refractivity (Wildman–Crippen MR) is 117 cm³/mol. The van der Waals surface area contributed by atoms with E-state index in [0.29, 0.717) is 12.1 Å². The minimum absolute atomic E-state index is 0.000596. The lowest BCUT2D eigenvalue weighted by Crippen LogP contribution is -2.38. The smallest absolute Gasteiger partial charge is 0.253 e. The van der Waals surface area contributed by atoms with Crippen molar-refractivity contribution in [3.05, 3.63) is 71.5 Å². The molecule has 2 N–H and O–H groups in total. The van der Waals surface area contributed by atoms with Gasteiger partial charge in [-0.2, -0.15) is 0 Å². The minimum atomic E-state index is 0.000596. The largest absolute Gasteiger partial charge is 0.461 e. The molecule has 0 radical (unpaired) electrons. The van der Waals surface area contributed by atoms with Crippen LogP contribution in [-0.4, -0.2) is 44.0 Å². The molecule has 152 valence electrons. The van der Waals surface area contributed by atoms with Crippen molar-refractivity contribution >= 4 is 22.8 Å². The SMILES string of the molecule is CCNC(=NCc1ccc(C(=O)N(C)C)cc1)NCCc1cc2ccccc2o1. The summed E-state index contributed by atoms with van der Waals surface area (Å²) in [5, 5.41) is 7.73. The van der Waals surface area contributed by atoms with Crippen LogP contribution in [0.25, 0.3) is 11.0 Å². The molecule has 6 heteroatoms. The fourth-order valence-electron chi connectivity index (χ4n) is 2.99. The molecule has 29 heavy (non-hydrogen) atoms. The van der Waals surface area contributed by atoms with Crippen LogP contribution in [0.2, 0.25) is 0 Å². The number of fused-ring (bicyclic) bond motifs is 1. The molecule has 0 atom stereocenters. The highest BCUT2D eigenvalue weighted by molar-refractivity contribution is 5.93. The van der Waals surface area contributed by atoms with E-state index in [1.165, 1.54) is 0 Å². The lowest BCUT2D eigenvalue weighted by atomic mass is 10.1. The summed E-state index contributed by atoms with van der Waals surface area (Å²) in [4.78, 5) is 18.2. The van der Waals surface area contributed by atoms with Crippen LogP contribution in [-0.2, 0) is 13.0 Å². The maximum absolute atomic E-state index is 12.0. The van der Waals surface area contributed by atoms with Crippen LogP contribution in [0.4, 0.5) is 0 Å². The Kier molecular flexibility index (Phi) is 6.89. The van der Waals surface area contributed by atoms with Gasteiger partial charge in [0, 0.05) is 44.6 Å². The average Bonchev–Trinajstić information content (AvgIpc) is 3.14. The van der Waals surface area contributed by atoms with Crippen molar-refractivity contribution in [2.45, 2.75) is 19.9 Å². The number of aliphatic imine (C=N–C) groups is 1. The fraction of sp³-hybridized carbons (Fsp3) is 0.304. The molecule has 3 rings (SSSR count). The van der Waals surface area contributed by atoms with Crippen LogP contribution in [0.15, 0.2) is 64.0 Å². The van der Waals surface area contributed by atoms with Crippen LogP contribution >= 0.6 is 0 Å². The number of carbonyl (C=O) groups is 1. The number of furan rings is 1. The number of nitrogens with zero attached hydrogens (tertiary/aromatic N) is 2. The molecule has 1 aromatic heterocycles. The predicted octanol–water partition coefficient (Wildman–Crippen LogP) is 3.43. The van der Waals surface area contributed by atoms with Crippen LogP contribution in [0, 0.1) is 0 Å². The van der Waals surface area contributed by atoms with E-state index in [2.05, 4.69) is 27.8 Å². The van der Waals surface area contributed by atoms with Crippen molar-refractivity contribution in [1.82, 2.24) is 15.5 Å². The van der Waals surface area contributed by atoms with Gasteiger partial charge >= 0.3 is 0 Å². The summed E-state index contributed by atoms with van der Waals surface area (Å²) in [5.74, 6) is 1.72. The molecular weight excluding hydrogens is 364 g/mol. The molecule has 0 fully saturated rings. The van der Waals surface area contributed by atoms with E-state index in [4.69, 9.17) is 4.42 Å². The number of guanidine groups is 1. The molecule has 3 aromatic rings. The third kappa shape index (κ3) is 5.60. The first-order valence-electron chi connectivity index (χ1n) is 9.87. The van der Waals surface area contributed by atoms with Crippen molar-refractivity contribution in [2.24, 2.45) is 4.99 Å². The van der Waals surface area contributed by atoms with Gasteiger partial charge in [0.05, 0.1) is 6.54 Å². The first-order chi connectivity index (χ1) is 14.1. The Morgan fingerprint density at radius 3 is 2.52 bits per heavy atom. The summed E-state index contributed by atoms with van der Waals surface area (Å²) in [6.45, 7) is 4.09. The molecule has 1 heterocycles. The Balaban J connectivity index is 1.55. The van der Waals surface area contributed by atoms with Crippen molar-refractivity contribution in [3.63, 3.8) is 0 Å². The number of para-hydroxylation sites is 1. The van der Waals surface area contributed by atoms with E-state index in [1.54, 1.807) is 19.0 Å². The van der Waals surface area contributed by atoms with Crippen molar-refractivity contribution in [2.75, 3.05) is 27.2 Å². The molecule has 0 saturated carbocycles. The van der Waals surface area contributed by atoms with E-state index < -0.39 is 0 Å². The van der Waals surface area contributed by atoms with Crippen molar-refractivity contribution < 1.29 is 9.21 Å². The van der Waals surface area contributed by atoms with Crippen molar-refractivity contribution in [1.29, 1.82) is 0 Å². The van der Waals surface area contributed by atoms with Crippen LogP contribution in [0.5, 0.6) is 0 Å². The first-order valence-corrected chi connectivity index (χ1v) is 9.87. The van der Waals surface area contributed by atoms with Gasteiger partial charge in [0.25, 0.3) is 5.91 Å². The highest BCUT2D eigenvalue weighted by atomic mass is 16.3. The second-order valence-corrected chi connectivity index (χ2v) is 7.02. The second-order valence-electron chi connectivity index (χ2n) is 7.02. The van der Waals surface area contributed by atoms with Gasteiger partial charge < -0.3 is 20.0 Å². The number of benzene rings is 2. The number of hydrogen-bond acceptors (Lipinski definition) is 3. The molecule has 1 amide bonds. The Morgan fingerprint density at radius 1 is 1.07 bits per heavy atom. The van der Waals surface area contributed by atoms with Crippen molar-refractivity contribution in [3.8, 4) is 0 Å². The Bertz CT molecular complexity index is 941. The topological polar surface area (TPSA) is 69.9 Å². The number of amides is 1. The van der Waals surface area contributed by atoms with Crippen LogP contribution in [0.1, 0.15) is 28.6 Å². The molecule has 0 saturated heterocycles. The molecule has 0 aliphatic rings. The molecule has 6 nitrogen and oxygen atoms in total. The number of carbonyl (C=O) groups excluding carboxylic acids is 1. The summed E-state index contributed by atoms with van der Waals surface area (Å²) in [6.07, 6.45) is 0.778. The van der Waals surface area contributed by atoms with E-state index in [0.717, 1.165) is 47.8 Å². The Labute approximate surface area is 171 Å². The van der Waals surface area contributed by atoms with Crippen LogP contribution in [0.3, 0.4) is 0 Å². The summed E-state index contributed by atoms with van der Waals surface area (Å²) in [6, 6.07) is 17.7. The Morgan fingerprint density at radius 2 is 1.83 bits per heavy atom. The lowest BCUT2D eigenvalue weighted by molar-refractivity contribution is 0.0827. The first kappa shape index (κ1) is 20.5. The standard InChI is InChI=1S/C23H28N4O2/c1-4-24-23(25-14-13-20-15-19-7-5-6-8-21(19)29-20)26-16-17-9-11-18(12-10-17)22(28)27(2)3/h5-12,15H,4,13-14,16H2,1-3H3,(H2,24,25,26). The van der Waals surface area contributed by atoms with E-state index in [-0.39, 0.29) is 5.91 Å². The number of nitrogens with one attached hydrogen (secondary N) is 2. The fourth-order valence-corrected chi connectivity index (χ4v) is 2.99. The highest BCUT2D eigenvalue weighted by Gasteiger charge is 2.07. The molecule has 0 aliphatic carbocycles. The maximum atomic E-state index is 12.0. The van der Waals surface area contributed by atoms with Gasteiger partial charge in [0.15, 0.2) is 5.96 Å². The third-order valence-corrected chi connectivity index (χ3v) is 4.51. The Hall–Kier alpha value is -3.28. The molecule has 2 aromatic carbocycles. The molecular formula is C23H28N4O2. The van der Waals surface area contributed by atoms with Gasteiger partial charge in [0.1, 0.15) is 11.3 Å². The molecule has 0 unspecified atom stereocenters. The average molecular weight is 393 g/mol. The van der Waals surface area contributed by atoms with Gasteiger partial charge in [-0.05, 0) is 36.8 Å². The number of hydrogen-bond donors (Lipinski definition) is 2. The minimum Gasteiger partial charge on any atom is -0.461 e. The van der Waals surface area contributed by atoms with Gasteiger partial charge in [-0.25, -0.2) is 4.99 Å². The van der Waals surface area contributed by atoms with Crippen LogP contribution < -0.4 is 10.6 Å². The zero-order valence-corrected chi connectivity index (χ0v) is 17.2. The maximum Gasteiger partial charge on any atom is 0.253 e. The summed E-state index contributed by atoms with van der Waals surface area (Å²) < 4.78 is 5.86. The highest BCUT2D eigenvalue weighted by Crippen LogP contribution is 2.18. The van der Waals surface area contributed by atoms with Gasteiger partial charge in [0.2, 0.25) is 0 Å². The zero-order valence-electron chi connectivity index (χ0n) is 17.2. The van der Waals surface area contributed by atoms with Gasteiger partial charge in [-0.3, -0.25) is 4.79 Å². The van der Waals surface area contributed by atoms with Gasteiger partial charge in [-0.1, -0.05) is 30.3 Å².